The highest BCUT2D eigenvalue weighted by Gasteiger charge is 2.42. The van der Waals surface area contributed by atoms with Crippen molar-refractivity contribution in [1.29, 1.82) is 5.41 Å². The lowest BCUT2D eigenvalue weighted by atomic mass is 9.92. The van der Waals surface area contributed by atoms with Gasteiger partial charge in [-0.3, -0.25) is 10.3 Å². The van der Waals surface area contributed by atoms with E-state index in [9.17, 15) is 0 Å². The van der Waals surface area contributed by atoms with Gasteiger partial charge in [-0.2, -0.15) is 5.10 Å². The van der Waals surface area contributed by atoms with Gasteiger partial charge in [0.25, 0.3) is 0 Å². The molecule has 0 saturated carbocycles. The molecule has 1 aromatic heterocycles. The van der Waals surface area contributed by atoms with Crippen molar-refractivity contribution >= 4 is 16.7 Å². The zero-order valence-corrected chi connectivity index (χ0v) is 19.5. The molecule has 176 valence electrons. The Morgan fingerprint density at radius 2 is 2.00 bits per heavy atom. The molecular weight excluding hydrogens is 426 g/mol. The second-order valence-electron chi connectivity index (χ2n) is 9.80. The summed E-state index contributed by atoms with van der Waals surface area (Å²) in [6.07, 6.45) is 4.36. The van der Waals surface area contributed by atoms with E-state index in [0.717, 1.165) is 60.6 Å². The van der Waals surface area contributed by atoms with Crippen LogP contribution in [0, 0.1) is 5.41 Å². The first-order valence-electron chi connectivity index (χ1n) is 12.0. The summed E-state index contributed by atoms with van der Waals surface area (Å²) >= 11 is 0. The van der Waals surface area contributed by atoms with E-state index < -0.39 is 0 Å². The summed E-state index contributed by atoms with van der Waals surface area (Å²) in [4.78, 5) is 4.93. The third-order valence-corrected chi connectivity index (χ3v) is 7.50. The Kier molecular flexibility index (Phi) is 5.45. The molecule has 6 rings (SSSR count). The maximum atomic E-state index is 8.26. The normalized spacial score (nSPS) is 28.1. The number of nitrogens with two attached hydrogens (primary N) is 2. The van der Waals surface area contributed by atoms with Crippen molar-refractivity contribution in [2.45, 2.75) is 24.1 Å². The lowest BCUT2D eigenvalue weighted by Gasteiger charge is -2.44. The number of likely N-dealkylation sites (N-methyl/N-ethyl adjacent to an activating group) is 1. The van der Waals surface area contributed by atoms with Gasteiger partial charge in [0, 0.05) is 43.8 Å². The molecule has 8 nitrogen and oxygen atoms in total. The van der Waals surface area contributed by atoms with Crippen LogP contribution in [-0.2, 0) is 4.74 Å². The van der Waals surface area contributed by atoms with Gasteiger partial charge in [0.05, 0.1) is 23.7 Å². The van der Waals surface area contributed by atoms with Crippen molar-refractivity contribution in [3.8, 4) is 5.69 Å². The number of hydrogen-bond acceptors (Lipinski definition) is 5. The Morgan fingerprint density at radius 3 is 2.82 bits per heavy atom. The topological polar surface area (TPSA) is 100 Å². The molecule has 0 radical (unpaired) electrons. The fourth-order valence-corrected chi connectivity index (χ4v) is 5.57. The third kappa shape index (κ3) is 3.92. The number of fused-ring (bicyclic) bond motifs is 2. The quantitative estimate of drug-likeness (QED) is 0.398. The number of benzene rings is 2. The average molecular weight is 459 g/mol. The van der Waals surface area contributed by atoms with Crippen molar-refractivity contribution in [3.05, 3.63) is 72.1 Å². The predicted octanol–water partition coefficient (Wildman–Crippen LogP) is 0.889. The molecular formula is C26H32N7O+. The monoisotopic (exact) mass is 458 g/mol. The number of morpholine rings is 1. The molecule has 4 heterocycles. The van der Waals surface area contributed by atoms with Gasteiger partial charge in [0.15, 0.2) is 11.9 Å². The lowest BCUT2D eigenvalue weighted by molar-refractivity contribution is -0.626. The SMILES string of the molecule is CN1CCN2CC(C3=CC(c4ccc5cn(-c6ccccc6)nc5c4)C(C(=N)N)[NH2+]3)OCC2C1. The van der Waals surface area contributed by atoms with Gasteiger partial charge in [-0.05, 0) is 36.9 Å². The summed E-state index contributed by atoms with van der Waals surface area (Å²) in [5.74, 6) is 0.215. The van der Waals surface area contributed by atoms with E-state index in [1.807, 2.05) is 22.9 Å². The molecule has 0 amide bonds. The highest BCUT2D eigenvalue weighted by Crippen LogP contribution is 2.30. The van der Waals surface area contributed by atoms with E-state index in [1.165, 1.54) is 0 Å². The molecule has 3 aliphatic heterocycles. The number of aromatic nitrogens is 2. The van der Waals surface area contributed by atoms with E-state index in [4.69, 9.17) is 21.0 Å². The molecule has 4 unspecified atom stereocenters. The number of rotatable bonds is 4. The number of nitrogens with one attached hydrogen (secondary N) is 1. The number of ether oxygens (including phenoxy) is 1. The van der Waals surface area contributed by atoms with Crippen LogP contribution in [0.15, 0.2) is 66.5 Å². The smallest absolute Gasteiger partial charge is 0.158 e. The van der Waals surface area contributed by atoms with Crippen LogP contribution in [0.3, 0.4) is 0 Å². The summed E-state index contributed by atoms with van der Waals surface area (Å²) in [6.45, 7) is 4.88. The Balaban J connectivity index is 1.27. The molecule has 5 N–H and O–H groups in total. The van der Waals surface area contributed by atoms with Gasteiger partial charge in [-0.25, -0.2) is 4.68 Å². The van der Waals surface area contributed by atoms with Gasteiger partial charge in [-0.15, -0.1) is 0 Å². The van der Waals surface area contributed by atoms with E-state index >= 15 is 0 Å². The number of para-hydroxylation sites is 1. The first-order chi connectivity index (χ1) is 16.5. The van der Waals surface area contributed by atoms with Crippen molar-refractivity contribution in [2.75, 3.05) is 39.8 Å². The number of quaternary nitrogens is 1. The van der Waals surface area contributed by atoms with Crippen LogP contribution in [0.1, 0.15) is 11.5 Å². The second kappa shape index (κ2) is 8.63. The Bertz CT molecular complexity index is 1240. The first kappa shape index (κ1) is 21.5. The minimum atomic E-state index is -0.155. The maximum Gasteiger partial charge on any atom is 0.158 e. The van der Waals surface area contributed by atoms with Crippen LogP contribution >= 0.6 is 0 Å². The molecule has 3 aromatic rings. The van der Waals surface area contributed by atoms with Gasteiger partial charge in [-0.1, -0.05) is 30.3 Å². The molecule has 0 aliphatic carbocycles. The van der Waals surface area contributed by atoms with Crippen molar-refractivity contribution in [3.63, 3.8) is 0 Å². The zero-order chi connectivity index (χ0) is 23.2. The second-order valence-corrected chi connectivity index (χ2v) is 9.80. The minimum Gasteiger partial charge on any atom is -0.383 e. The van der Waals surface area contributed by atoms with Gasteiger partial charge in [0.2, 0.25) is 0 Å². The molecule has 2 aromatic carbocycles. The summed E-state index contributed by atoms with van der Waals surface area (Å²) in [5, 5.41) is 16.3. The molecule has 4 atom stereocenters. The van der Waals surface area contributed by atoms with Gasteiger partial charge >= 0.3 is 0 Å². The Morgan fingerprint density at radius 1 is 1.15 bits per heavy atom. The largest absolute Gasteiger partial charge is 0.383 e. The van der Waals surface area contributed by atoms with Gasteiger partial charge < -0.3 is 20.7 Å². The predicted molar refractivity (Wildman–Crippen MR) is 132 cm³/mol. The van der Waals surface area contributed by atoms with Crippen molar-refractivity contribution in [2.24, 2.45) is 5.73 Å². The van der Waals surface area contributed by atoms with E-state index in [-0.39, 0.29) is 23.9 Å². The lowest BCUT2D eigenvalue weighted by Crippen LogP contribution is -2.91. The zero-order valence-electron chi connectivity index (χ0n) is 19.5. The van der Waals surface area contributed by atoms with Crippen LogP contribution in [0.5, 0.6) is 0 Å². The van der Waals surface area contributed by atoms with Crippen molar-refractivity contribution < 1.29 is 10.1 Å². The van der Waals surface area contributed by atoms with Crippen LogP contribution < -0.4 is 11.1 Å². The molecule has 34 heavy (non-hydrogen) atoms. The number of piperazine rings is 1. The fraction of sp³-hybridized carbons (Fsp3) is 0.385. The van der Waals surface area contributed by atoms with Crippen LogP contribution in [0.25, 0.3) is 16.6 Å². The average Bonchev–Trinajstić information content (AvgIpc) is 3.49. The number of nitrogens with zero attached hydrogens (tertiary/aromatic N) is 4. The number of hydrogen-bond donors (Lipinski definition) is 3. The van der Waals surface area contributed by atoms with Crippen LogP contribution in [-0.4, -0.2) is 83.4 Å². The van der Waals surface area contributed by atoms with Gasteiger partial charge in [0.1, 0.15) is 11.8 Å². The fourth-order valence-electron chi connectivity index (χ4n) is 5.57. The minimum absolute atomic E-state index is 0.0209. The highest BCUT2D eigenvalue weighted by atomic mass is 16.5. The summed E-state index contributed by atoms with van der Waals surface area (Å²) in [7, 11) is 2.18. The van der Waals surface area contributed by atoms with E-state index in [0.29, 0.717) is 6.04 Å². The molecule has 2 saturated heterocycles. The molecule has 3 aliphatic rings. The van der Waals surface area contributed by atoms with E-state index in [1.54, 1.807) is 0 Å². The molecule has 0 bridgehead atoms. The molecule has 0 spiro atoms. The highest BCUT2D eigenvalue weighted by molar-refractivity contribution is 5.84. The summed E-state index contributed by atoms with van der Waals surface area (Å²) in [6, 6.07) is 16.9. The molecule has 8 heteroatoms. The number of amidine groups is 1. The van der Waals surface area contributed by atoms with E-state index in [2.05, 4.69) is 64.8 Å². The van der Waals surface area contributed by atoms with Crippen molar-refractivity contribution in [1.82, 2.24) is 19.6 Å². The summed E-state index contributed by atoms with van der Waals surface area (Å²) < 4.78 is 8.24. The Hall–Kier alpha value is -3.04. The van der Waals surface area contributed by atoms with Crippen LogP contribution in [0.2, 0.25) is 0 Å². The standard InChI is InChI=1S/C26H31N7O/c1-31-9-10-32-15-24(34-16-20(32)14-31)23-12-21(25(29-23)26(27)28)17-7-8-18-13-33(30-22(18)11-17)19-5-3-2-4-6-19/h2-8,11-13,20-21,24-25,29H,9-10,14-16H2,1H3,(H3,27,28)/p+1. The first-order valence-corrected chi connectivity index (χ1v) is 12.0. The van der Waals surface area contributed by atoms with Crippen LogP contribution in [0.4, 0.5) is 0 Å². The third-order valence-electron chi connectivity index (χ3n) is 7.50. The Labute approximate surface area is 199 Å². The summed E-state index contributed by atoms with van der Waals surface area (Å²) in [5.41, 5.74) is 10.3. The molecule has 2 fully saturated rings. The maximum absolute atomic E-state index is 8.26.